The Morgan fingerprint density at radius 2 is 2.06 bits per heavy atom. The smallest absolute Gasteiger partial charge is 0.0929 e. The van der Waals surface area contributed by atoms with Crippen molar-refractivity contribution in [2.45, 2.75) is 0 Å². The van der Waals surface area contributed by atoms with Crippen LogP contribution in [0.25, 0.3) is 0 Å². The van der Waals surface area contributed by atoms with Crippen molar-refractivity contribution >= 4 is 29.2 Å². The van der Waals surface area contributed by atoms with Gasteiger partial charge in [0.15, 0.2) is 0 Å². The SMILES string of the molecule is Clc1ccc2c(c1)C(c1ccccn1)=NCC=N2. The highest BCUT2D eigenvalue weighted by atomic mass is 35.5. The zero-order valence-electron chi connectivity index (χ0n) is 9.55. The summed E-state index contributed by atoms with van der Waals surface area (Å²) in [6.45, 7) is 0.554. The minimum atomic E-state index is 0.554. The number of hydrogen-bond acceptors (Lipinski definition) is 3. The minimum absolute atomic E-state index is 0.554. The lowest BCUT2D eigenvalue weighted by atomic mass is 10.0. The van der Waals surface area contributed by atoms with Gasteiger partial charge in [0.05, 0.1) is 23.6 Å². The summed E-state index contributed by atoms with van der Waals surface area (Å²) in [5, 5.41) is 0.675. The van der Waals surface area contributed by atoms with Crippen molar-refractivity contribution in [3.8, 4) is 0 Å². The van der Waals surface area contributed by atoms with Crippen molar-refractivity contribution in [2.75, 3.05) is 6.54 Å². The predicted octanol–water partition coefficient (Wildman–Crippen LogP) is 3.29. The Kier molecular flexibility index (Phi) is 2.90. The van der Waals surface area contributed by atoms with Crippen molar-refractivity contribution in [3.63, 3.8) is 0 Å². The summed E-state index contributed by atoms with van der Waals surface area (Å²) in [6.07, 6.45) is 3.55. The highest BCUT2D eigenvalue weighted by Gasteiger charge is 2.14. The summed E-state index contributed by atoms with van der Waals surface area (Å²) in [4.78, 5) is 13.2. The highest BCUT2D eigenvalue weighted by Crippen LogP contribution is 2.26. The molecule has 0 N–H and O–H groups in total. The van der Waals surface area contributed by atoms with Crippen LogP contribution in [0.2, 0.25) is 5.02 Å². The second kappa shape index (κ2) is 4.70. The average Bonchev–Trinajstić information content (AvgIpc) is 2.61. The largest absolute Gasteiger partial charge is 0.277 e. The fourth-order valence-corrected chi connectivity index (χ4v) is 2.06. The lowest BCUT2D eigenvalue weighted by molar-refractivity contribution is 1.25. The summed E-state index contributed by atoms with van der Waals surface area (Å²) in [5.41, 5.74) is 3.48. The number of aliphatic imine (C=N–C) groups is 2. The highest BCUT2D eigenvalue weighted by molar-refractivity contribution is 6.31. The number of pyridine rings is 1. The van der Waals surface area contributed by atoms with Gasteiger partial charge in [0, 0.05) is 23.0 Å². The summed E-state index contributed by atoms with van der Waals surface area (Å²) in [6, 6.07) is 11.4. The monoisotopic (exact) mass is 255 g/mol. The second-order valence-corrected chi connectivity index (χ2v) is 4.31. The molecule has 0 unspecified atom stereocenters. The average molecular weight is 256 g/mol. The molecule has 0 spiro atoms. The quantitative estimate of drug-likeness (QED) is 0.770. The normalized spacial score (nSPS) is 13.7. The van der Waals surface area contributed by atoms with Gasteiger partial charge in [0.1, 0.15) is 0 Å². The van der Waals surface area contributed by atoms with Gasteiger partial charge in [-0.15, -0.1) is 0 Å². The molecule has 3 rings (SSSR count). The third-order valence-electron chi connectivity index (χ3n) is 2.68. The van der Waals surface area contributed by atoms with Crippen LogP contribution in [-0.4, -0.2) is 23.5 Å². The van der Waals surface area contributed by atoms with E-state index in [1.165, 1.54) is 0 Å². The van der Waals surface area contributed by atoms with E-state index in [2.05, 4.69) is 15.0 Å². The predicted molar refractivity (Wildman–Crippen MR) is 74.3 cm³/mol. The van der Waals surface area contributed by atoms with Crippen LogP contribution in [0.1, 0.15) is 11.3 Å². The Morgan fingerprint density at radius 1 is 1.11 bits per heavy atom. The molecule has 0 amide bonds. The molecule has 0 aliphatic carbocycles. The first kappa shape index (κ1) is 11.1. The molecular formula is C14H10ClN3. The first-order chi connectivity index (χ1) is 8.84. The maximum atomic E-state index is 6.06. The van der Waals surface area contributed by atoms with Crippen molar-refractivity contribution in [3.05, 3.63) is 58.9 Å². The Morgan fingerprint density at radius 3 is 2.89 bits per heavy atom. The van der Waals surface area contributed by atoms with Gasteiger partial charge < -0.3 is 0 Å². The fraction of sp³-hybridized carbons (Fsp3) is 0.0714. The fourth-order valence-electron chi connectivity index (χ4n) is 1.89. The number of fused-ring (bicyclic) bond motifs is 1. The van der Waals surface area contributed by atoms with Gasteiger partial charge in [0.2, 0.25) is 0 Å². The number of benzene rings is 1. The zero-order chi connectivity index (χ0) is 12.4. The summed E-state index contributed by atoms with van der Waals surface area (Å²) in [7, 11) is 0. The van der Waals surface area contributed by atoms with Gasteiger partial charge in [-0.2, -0.15) is 0 Å². The van der Waals surface area contributed by atoms with Gasteiger partial charge in [0.25, 0.3) is 0 Å². The van der Waals surface area contributed by atoms with Crippen LogP contribution in [0.4, 0.5) is 5.69 Å². The van der Waals surface area contributed by atoms with E-state index in [1.807, 2.05) is 36.4 Å². The molecule has 4 heteroatoms. The maximum Gasteiger partial charge on any atom is 0.0929 e. The third kappa shape index (κ3) is 2.05. The molecular weight excluding hydrogens is 246 g/mol. The molecule has 1 aliphatic heterocycles. The van der Waals surface area contributed by atoms with Gasteiger partial charge in [-0.1, -0.05) is 17.7 Å². The van der Waals surface area contributed by atoms with E-state index in [9.17, 15) is 0 Å². The van der Waals surface area contributed by atoms with Crippen LogP contribution in [0.3, 0.4) is 0 Å². The Balaban J connectivity index is 2.19. The van der Waals surface area contributed by atoms with Crippen molar-refractivity contribution in [1.29, 1.82) is 0 Å². The summed E-state index contributed by atoms with van der Waals surface area (Å²) >= 11 is 6.06. The zero-order valence-corrected chi connectivity index (χ0v) is 10.3. The van der Waals surface area contributed by atoms with Crippen LogP contribution in [-0.2, 0) is 0 Å². The maximum absolute atomic E-state index is 6.06. The lowest BCUT2D eigenvalue weighted by Gasteiger charge is -2.07. The first-order valence-electron chi connectivity index (χ1n) is 5.63. The third-order valence-corrected chi connectivity index (χ3v) is 2.92. The molecule has 0 saturated heterocycles. The van der Waals surface area contributed by atoms with E-state index in [-0.39, 0.29) is 0 Å². The lowest BCUT2D eigenvalue weighted by Crippen LogP contribution is -2.06. The Hall–Kier alpha value is -2.00. The number of halogens is 1. The molecule has 0 bridgehead atoms. The van der Waals surface area contributed by atoms with Gasteiger partial charge in [-0.25, -0.2) is 0 Å². The molecule has 0 fully saturated rings. The van der Waals surface area contributed by atoms with Crippen LogP contribution >= 0.6 is 11.6 Å². The molecule has 2 heterocycles. The van der Waals surface area contributed by atoms with Crippen LogP contribution in [0, 0.1) is 0 Å². The van der Waals surface area contributed by atoms with Crippen molar-refractivity contribution in [1.82, 2.24) is 4.98 Å². The van der Waals surface area contributed by atoms with Crippen molar-refractivity contribution < 1.29 is 0 Å². The molecule has 3 nitrogen and oxygen atoms in total. The number of nitrogens with zero attached hydrogens (tertiary/aromatic N) is 3. The van der Waals surface area contributed by atoms with Crippen molar-refractivity contribution in [2.24, 2.45) is 9.98 Å². The van der Waals surface area contributed by atoms with E-state index in [0.29, 0.717) is 11.6 Å². The topological polar surface area (TPSA) is 37.6 Å². The molecule has 2 aromatic rings. The van der Waals surface area contributed by atoms with Gasteiger partial charge in [-0.3, -0.25) is 15.0 Å². The van der Waals surface area contributed by atoms with Gasteiger partial charge in [-0.05, 0) is 30.3 Å². The van der Waals surface area contributed by atoms with E-state index in [1.54, 1.807) is 12.4 Å². The van der Waals surface area contributed by atoms with E-state index in [0.717, 1.165) is 22.7 Å². The van der Waals surface area contributed by atoms with E-state index >= 15 is 0 Å². The molecule has 18 heavy (non-hydrogen) atoms. The molecule has 1 aromatic heterocycles. The van der Waals surface area contributed by atoms with Crippen LogP contribution in [0.15, 0.2) is 52.6 Å². The number of hydrogen-bond donors (Lipinski definition) is 0. The molecule has 1 aliphatic rings. The standard InChI is InChI=1S/C14H10ClN3/c15-10-4-5-12-11(9-10)14(18-8-7-17-12)13-3-1-2-6-16-13/h1-7,9H,8H2. The van der Waals surface area contributed by atoms with E-state index < -0.39 is 0 Å². The van der Waals surface area contributed by atoms with Crippen LogP contribution in [0.5, 0.6) is 0 Å². The molecule has 0 radical (unpaired) electrons. The minimum Gasteiger partial charge on any atom is -0.277 e. The molecule has 0 saturated carbocycles. The summed E-state index contributed by atoms with van der Waals surface area (Å²) < 4.78 is 0. The van der Waals surface area contributed by atoms with Crippen LogP contribution < -0.4 is 0 Å². The molecule has 1 aromatic carbocycles. The molecule has 0 atom stereocenters. The van der Waals surface area contributed by atoms with Gasteiger partial charge >= 0.3 is 0 Å². The Bertz CT molecular complexity index is 633. The second-order valence-electron chi connectivity index (χ2n) is 3.88. The Labute approximate surface area is 110 Å². The number of aromatic nitrogens is 1. The molecule has 88 valence electrons. The summed E-state index contributed by atoms with van der Waals surface area (Å²) in [5.74, 6) is 0. The first-order valence-corrected chi connectivity index (χ1v) is 6.01. The number of rotatable bonds is 1. The van der Waals surface area contributed by atoms with E-state index in [4.69, 9.17) is 11.6 Å².